The maximum atomic E-state index is 13.6. The van der Waals surface area contributed by atoms with Crippen LogP contribution in [-0.4, -0.2) is 55.5 Å². The Hall–Kier alpha value is -2.73. The minimum Gasteiger partial charge on any atom is -0.491 e. The second-order valence-electron chi connectivity index (χ2n) is 11.3. The van der Waals surface area contributed by atoms with Crippen molar-refractivity contribution in [3.8, 4) is 5.75 Å². The fraction of sp³-hybridized carbons (Fsp3) is 0.548. The number of aryl methyl sites for hydroxylation is 1. The molecule has 0 saturated carbocycles. The molecule has 0 unspecified atom stereocenters. The number of anilines is 1. The lowest BCUT2D eigenvalue weighted by Crippen LogP contribution is -2.52. The summed E-state index contributed by atoms with van der Waals surface area (Å²) in [5, 5.41) is 3.93. The van der Waals surface area contributed by atoms with E-state index in [4.69, 9.17) is 16.3 Å². The van der Waals surface area contributed by atoms with Gasteiger partial charge in [0.2, 0.25) is 5.91 Å². The quantitative estimate of drug-likeness (QED) is 0.521. The predicted octanol–water partition coefficient (Wildman–Crippen LogP) is 5.86. The number of hydrogen-bond donors (Lipinski definition) is 1. The second kappa shape index (κ2) is 12.0. The number of nitrogens with zero attached hydrogens (tertiary/aromatic N) is 2. The van der Waals surface area contributed by atoms with E-state index in [1.165, 1.54) is 12.0 Å². The molecule has 1 atom stereocenters. The highest BCUT2D eigenvalue weighted by atomic mass is 35.5. The Labute approximate surface area is 231 Å². The molecule has 3 aliphatic rings. The summed E-state index contributed by atoms with van der Waals surface area (Å²) in [6.45, 7) is 5.57. The van der Waals surface area contributed by atoms with Gasteiger partial charge in [-0.2, -0.15) is 0 Å². The third kappa shape index (κ3) is 5.96. The molecule has 5 rings (SSSR count). The number of rotatable bonds is 2. The molecule has 0 aliphatic carbocycles. The summed E-state index contributed by atoms with van der Waals surface area (Å²) in [6.07, 6.45) is 8.69. The van der Waals surface area contributed by atoms with E-state index in [1.54, 1.807) is 0 Å². The van der Waals surface area contributed by atoms with Gasteiger partial charge in [0, 0.05) is 31.7 Å². The molecule has 2 fully saturated rings. The highest BCUT2D eigenvalue weighted by Crippen LogP contribution is 2.39. The average molecular weight is 538 g/mol. The van der Waals surface area contributed by atoms with E-state index in [-0.39, 0.29) is 17.9 Å². The largest absolute Gasteiger partial charge is 0.491 e. The van der Waals surface area contributed by atoms with Crippen LogP contribution >= 0.6 is 11.6 Å². The molecule has 2 amide bonds. The van der Waals surface area contributed by atoms with Crippen LogP contribution in [0.5, 0.6) is 5.75 Å². The zero-order chi connectivity index (χ0) is 26.5. The SMILES string of the molecule is C[C@@H]1COc2ccccc2CCCCC2(CCN(C(=O)c3ccc(Cl)c(N4CCCCC4)c3)CC2)C(=O)N1. The zero-order valence-electron chi connectivity index (χ0n) is 22.5. The number of amides is 2. The van der Waals surface area contributed by atoms with Gasteiger partial charge in [0.05, 0.1) is 22.2 Å². The highest BCUT2D eigenvalue weighted by molar-refractivity contribution is 6.33. The number of nitrogens with one attached hydrogen (secondary N) is 1. The maximum Gasteiger partial charge on any atom is 0.253 e. The van der Waals surface area contributed by atoms with Gasteiger partial charge in [0.15, 0.2) is 0 Å². The molecule has 3 heterocycles. The summed E-state index contributed by atoms with van der Waals surface area (Å²) in [6, 6.07) is 13.8. The Bertz CT molecular complexity index is 1140. The smallest absolute Gasteiger partial charge is 0.253 e. The summed E-state index contributed by atoms with van der Waals surface area (Å²) in [4.78, 5) is 31.3. The Balaban J connectivity index is 1.26. The number of likely N-dealkylation sites (tertiary alicyclic amines) is 1. The third-order valence-corrected chi connectivity index (χ3v) is 8.89. The van der Waals surface area contributed by atoms with Crippen LogP contribution in [0.15, 0.2) is 42.5 Å². The van der Waals surface area contributed by atoms with Crippen molar-refractivity contribution in [1.29, 1.82) is 0 Å². The molecule has 0 aromatic heterocycles. The number of hydrogen-bond acceptors (Lipinski definition) is 4. The Morgan fingerprint density at radius 1 is 0.974 bits per heavy atom. The minimum absolute atomic E-state index is 0.0294. The van der Waals surface area contributed by atoms with E-state index < -0.39 is 5.41 Å². The Morgan fingerprint density at radius 3 is 2.53 bits per heavy atom. The molecule has 2 aromatic carbocycles. The van der Waals surface area contributed by atoms with Gasteiger partial charge in [-0.3, -0.25) is 9.59 Å². The van der Waals surface area contributed by atoms with E-state index in [2.05, 4.69) is 22.3 Å². The van der Waals surface area contributed by atoms with Gasteiger partial charge < -0.3 is 19.9 Å². The van der Waals surface area contributed by atoms with Crippen LogP contribution in [0.3, 0.4) is 0 Å². The minimum atomic E-state index is -0.442. The molecule has 38 heavy (non-hydrogen) atoms. The molecule has 0 bridgehead atoms. The average Bonchev–Trinajstić information content (AvgIpc) is 2.95. The number of benzene rings is 2. The number of para-hydroxylation sites is 1. The van der Waals surface area contributed by atoms with Crippen LogP contribution < -0.4 is 15.0 Å². The number of piperidine rings is 2. The van der Waals surface area contributed by atoms with Gasteiger partial charge in [-0.25, -0.2) is 0 Å². The van der Waals surface area contributed by atoms with Crippen molar-refractivity contribution in [3.63, 3.8) is 0 Å². The van der Waals surface area contributed by atoms with Crippen LogP contribution in [0.2, 0.25) is 5.02 Å². The van der Waals surface area contributed by atoms with Crippen LogP contribution in [0, 0.1) is 5.41 Å². The molecule has 6 nitrogen and oxygen atoms in total. The van der Waals surface area contributed by atoms with Crippen LogP contribution in [-0.2, 0) is 11.2 Å². The lowest BCUT2D eigenvalue weighted by molar-refractivity contribution is -0.135. The summed E-state index contributed by atoms with van der Waals surface area (Å²) in [5.41, 5.74) is 2.43. The molecular weight excluding hydrogens is 498 g/mol. The van der Waals surface area contributed by atoms with Crippen molar-refractivity contribution in [2.75, 3.05) is 37.7 Å². The first-order valence-corrected chi connectivity index (χ1v) is 14.7. The molecule has 1 N–H and O–H groups in total. The standard InChI is InChI=1S/C31H40ClN3O3/c1-23-22-38-28-11-4-3-9-24(28)10-5-6-14-31(30(37)33-23)15-19-35(20-16-31)29(36)25-12-13-26(32)27(21-25)34-17-7-2-8-18-34/h3-4,9,11-13,21,23H,2,5-8,10,14-20,22H2,1H3,(H,33,37)/t23-/m1/s1. The summed E-state index contributed by atoms with van der Waals surface area (Å²) >= 11 is 6.53. The van der Waals surface area contributed by atoms with Crippen molar-refractivity contribution >= 4 is 29.1 Å². The van der Waals surface area contributed by atoms with Gasteiger partial charge in [0.25, 0.3) is 5.91 Å². The number of carbonyl (C=O) groups excluding carboxylic acids is 2. The molecule has 204 valence electrons. The van der Waals surface area contributed by atoms with Gasteiger partial charge >= 0.3 is 0 Å². The normalized spacial score (nSPS) is 22.5. The lowest BCUT2D eigenvalue weighted by atomic mass is 9.73. The van der Waals surface area contributed by atoms with Crippen molar-refractivity contribution < 1.29 is 14.3 Å². The fourth-order valence-electron chi connectivity index (χ4n) is 6.20. The zero-order valence-corrected chi connectivity index (χ0v) is 23.3. The first-order valence-electron chi connectivity index (χ1n) is 14.3. The van der Waals surface area contributed by atoms with Crippen LogP contribution in [0.1, 0.15) is 74.2 Å². The topological polar surface area (TPSA) is 61.9 Å². The predicted molar refractivity (Wildman–Crippen MR) is 152 cm³/mol. The number of carbonyl (C=O) groups is 2. The third-order valence-electron chi connectivity index (χ3n) is 8.57. The first-order chi connectivity index (χ1) is 18.4. The van der Waals surface area contributed by atoms with Crippen molar-refractivity contribution in [2.24, 2.45) is 5.41 Å². The van der Waals surface area contributed by atoms with Crippen molar-refractivity contribution in [2.45, 2.75) is 70.8 Å². The number of fused-ring (bicyclic) bond motifs is 1. The second-order valence-corrected chi connectivity index (χ2v) is 11.7. The van der Waals surface area contributed by atoms with Crippen molar-refractivity contribution in [3.05, 3.63) is 58.6 Å². The van der Waals surface area contributed by atoms with E-state index in [0.29, 0.717) is 43.1 Å². The van der Waals surface area contributed by atoms with Crippen LogP contribution in [0.4, 0.5) is 5.69 Å². The molecule has 2 saturated heterocycles. The summed E-state index contributed by atoms with van der Waals surface area (Å²) < 4.78 is 6.08. The van der Waals surface area contributed by atoms with E-state index in [0.717, 1.165) is 63.1 Å². The number of halogens is 1. The fourth-order valence-corrected chi connectivity index (χ4v) is 6.43. The van der Waals surface area contributed by atoms with E-state index >= 15 is 0 Å². The molecule has 2 aromatic rings. The van der Waals surface area contributed by atoms with E-state index in [1.807, 2.05) is 42.2 Å². The monoisotopic (exact) mass is 537 g/mol. The van der Waals surface area contributed by atoms with Gasteiger partial charge in [-0.1, -0.05) is 36.2 Å². The lowest BCUT2D eigenvalue weighted by Gasteiger charge is -2.41. The van der Waals surface area contributed by atoms with Gasteiger partial charge in [-0.15, -0.1) is 0 Å². The van der Waals surface area contributed by atoms with E-state index in [9.17, 15) is 9.59 Å². The number of ether oxygens (including phenoxy) is 1. The van der Waals surface area contributed by atoms with Crippen LogP contribution in [0.25, 0.3) is 0 Å². The molecule has 3 aliphatic heterocycles. The van der Waals surface area contributed by atoms with Gasteiger partial charge in [0.1, 0.15) is 12.4 Å². The van der Waals surface area contributed by atoms with Gasteiger partial charge in [-0.05, 0) is 88.1 Å². The maximum absolute atomic E-state index is 13.6. The molecule has 7 heteroatoms. The molecule has 0 radical (unpaired) electrons. The van der Waals surface area contributed by atoms with Crippen molar-refractivity contribution in [1.82, 2.24) is 10.2 Å². The first kappa shape index (κ1) is 26.9. The summed E-state index contributed by atoms with van der Waals surface area (Å²) in [5.74, 6) is 1.05. The molecule has 1 spiro atoms. The highest BCUT2D eigenvalue weighted by Gasteiger charge is 2.42. The Morgan fingerprint density at radius 2 is 1.74 bits per heavy atom. The summed E-state index contributed by atoms with van der Waals surface area (Å²) in [7, 11) is 0. The Kier molecular flexibility index (Phi) is 8.47. The molecular formula is C31H40ClN3O3.